The van der Waals surface area contributed by atoms with Crippen molar-refractivity contribution in [3.63, 3.8) is 0 Å². The van der Waals surface area contributed by atoms with E-state index in [9.17, 15) is 10.0 Å². The molecule has 0 bridgehead atoms. The predicted octanol–water partition coefficient (Wildman–Crippen LogP) is 2.82. The summed E-state index contributed by atoms with van der Waals surface area (Å²) in [7, 11) is 0. The average Bonchev–Trinajstić information content (AvgIpc) is 2.94. The highest BCUT2D eigenvalue weighted by molar-refractivity contribution is 6.00. The summed E-state index contributed by atoms with van der Waals surface area (Å²) in [6.07, 6.45) is 4.10. The lowest BCUT2D eigenvalue weighted by atomic mass is 10.2. The number of hydrogen-bond donors (Lipinski definition) is 2. The number of benzene rings is 1. The van der Waals surface area contributed by atoms with Gasteiger partial charge in [-0.05, 0) is 18.9 Å². The minimum atomic E-state index is -1.01. The molecule has 0 spiro atoms. The third-order valence-corrected chi connectivity index (χ3v) is 4.30. The number of carbonyl (C=O) groups is 1. The molecule has 2 N–H and O–H groups in total. The van der Waals surface area contributed by atoms with Gasteiger partial charge >= 0.3 is 6.09 Å². The maximum Gasteiger partial charge on any atom is 0.404 e. The van der Waals surface area contributed by atoms with Gasteiger partial charge in [0.1, 0.15) is 5.82 Å². The molecular weight excluding hydrogens is 320 g/mol. The van der Waals surface area contributed by atoms with Gasteiger partial charge in [0.05, 0.1) is 10.9 Å². The number of carboxylic acid groups (broad SMARTS) is 1. The Labute approximate surface area is 145 Å². The van der Waals surface area contributed by atoms with Crippen molar-refractivity contribution in [1.82, 2.24) is 14.9 Å². The van der Waals surface area contributed by atoms with Crippen LogP contribution in [0.15, 0.2) is 30.5 Å². The fourth-order valence-electron chi connectivity index (χ4n) is 3.14. The minimum Gasteiger partial charge on any atom is -0.618 e. The van der Waals surface area contributed by atoms with E-state index in [0.717, 1.165) is 40.7 Å². The van der Waals surface area contributed by atoms with E-state index >= 15 is 0 Å². The summed E-state index contributed by atoms with van der Waals surface area (Å²) in [5.74, 6) is 0.948. The van der Waals surface area contributed by atoms with Crippen LogP contribution in [0.2, 0.25) is 0 Å². The Morgan fingerprint density at radius 3 is 2.92 bits per heavy atom. The first-order valence-corrected chi connectivity index (χ1v) is 8.58. The van der Waals surface area contributed by atoms with E-state index in [0.29, 0.717) is 30.5 Å². The first kappa shape index (κ1) is 17.0. The second-order valence-electron chi connectivity index (χ2n) is 6.07. The summed E-state index contributed by atoms with van der Waals surface area (Å²) in [5, 5.41) is 24.2. The van der Waals surface area contributed by atoms with Crippen LogP contribution in [0.4, 0.5) is 4.79 Å². The van der Waals surface area contributed by atoms with Gasteiger partial charge in [-0.25, -0.2) is 9.78 Å². The Hall–Kier alpha value is -2.83. The highest BCUT2D eigenvalue weighted by Gasteiger charge is 2.18. The molecule has 0 aliphatic rings. The Balaban J connectivity index is 2.05. The highest BCUT2D eigenvalue weighted by atomic mass is 16.5. The Morgan fingerprint density at radius 1 is 1.36 bits per heavy atom. The van der Waals surface area contributed by atoms with Crippen LogP contribution in [0.1, 0.15) is 32.0 Å². The smallest absolute Gasteiger partial charge is 0.404 e. The Bertz CT molecular complexity index is 904. The number of pyridine rings is 1. The maximum absolute atomic E-state index is 12.3. The third-order valence-electron chi connectivity index (χ3n) is 4.30. The van der Waals surface area contributed by atoms with Crippen molar-refractivity contribution in [2.75, 3.05) is 6.54 Å². The van der Waals surface area contributed by atoms with Crippen molar-refractivity contribution in [2.24, 2.45) is 0 Å². The molecule has 2 aromatic heterocycles. The molecule has 1 amide bonds. The molecule has 0 fully saturated rings. The molecule has 0 saturated heterocycles. The number of aryl methyl sites for hydroxylation is 2. The first-order valence-electron chi connectivity index (χ1n) is 8.58. The summed E-state index contributed by atoms with van der Waals surface area (Å²) < 4.78 is 3.00. The summed E-state index contributed by atoms with van der Waals surface area (Å²) in [5.41, 5.74) is 2.25. The van der Waals surface area contributed by atoms with E-state index < -0.39 is 6.09 Å². The lowest BCUT2D eigenvalue weighted by Crippen LogP contribution is -2.26. The molecule has 132 valence electrons. The molecule has 3 rings (SSSR count). The van der Waals surface area contributed by atoms with E-state index in [1.54, 1.807) is 6.07 Å². The molecule has 1 aromatic carbocycles. The second-order valence-corrected chi connectivity index (χ2v) is 6.07. The first-order chi connectivity index (χ1) is 12.1. The summed E-state index contributed by atoms with van der Waals surface area (Å²) in [6.45, 7) is 3.17. The molecule has 0 unspecified atom stereocenters. The van der Waals surface area contributed by atoms with Crippen LogP contribution < -0.4 is 10.0 Å². The quantitative estimate of drug-likeness (QED) is 0.392. The molecule has 0 radical (unpaired) electrons. The number of rotatable bonds is 7. The molecule has 0 aliphatic carbocycles. The largest absolute Gasteiger partial charge is 0.618 e. The highest BCUT2D eigenvalue weighted by Crippen LogP contribution is 2.25. The fraction of sp³-hybridized carbons (Fsp3) is 0.389. The van der Waals surface area contributed by atoms with Crippen LogP contribution in [0, 0.1) is 5.21 Å². The molecule has 2 heterocycles. The number of unbranched alkanes of at least 4 members (excludes halogenated alkanes) is 1. The summed E-state index contributed by atoms with van der Waals surface area (Å²) in [6, 6.07) is 7.50. The number of imidazole rings is 1. The number of amides is 1. The number of nitrogens with zero attached hydrogens (tertiary/aromatic N) is 3. The van der Waals surface area contributed by atoms with Crippen molar-refractivity contribution >= 4 is 28.0 Å². The molecule has 7 heteroatoms. The zero-order chi connectivity index (χ0) is 17.8. The third kappa shape index (κ3) is 3.50. The molecular formula is C18H22N4O3. The predicted molar refractivity (Wildman–Crippen MR) is 95.5 cm³/mol. The molecule has 0 aliphatic heterocycles. The van der Waals surface area contributed by atoms with Gasteiger partial charge in [-0.3, -0.25) is 0 Å². The number of para-hydroxylation sites is 1. The monoisotopic (exact) mass is 342 g/mol. The molecule has 0 atom stereocenters. The topological polar surface area (TPSA) is 94.1 Å². The number of nitrogens with one attached hydrogen (secondary N) is 1. The van der Waals surface area contributed by atoms with Gasteiger partial charge in [0.15, 0.2) is 5.52 Å². The van der Waals surface area contributed by atoms with Crippen molar-refractivity contribution in [2.45, 2.75) is 39.2 Å². The maximum atomic E-state index is 12.3. The molecule has 25 heavy (non-hydrogen) atoms. The Kier molecular flexibility index (Phi) is 5.02. The standard InChI is InChI=1S/C18H22N4O3/c1-2-3-9-16-20-14-12-22(25)15-8-5-4-7-13(15)17(14)21(16)11-6-10-19-18(23)24/h4-5,7-8,12,19H,2-3,6,9-11H2,1H3,(H,23,24). The van der Waals surface area contributed by atoms with Gasteiger partial charge in [-0.1, -0.05) is 25.5 Å². The van der Waals surface area contributed by atoms with Gasteiger partial charge in [0.2, 0.25) is 11.7 Å². The van der Waals surface area contributed by atoms with E-state index in [1.807, 2.05) is 18.2 Å². The van der Waals surface area contributed by atoms with Crippen molar-refractivity contribution in [3.8, 4) is 0 Å². The lowest BCUT2D eigenvalue weighted by Gasteiger charge is -2.10. The van der Waals surface area contributed by atoms with E-state index in [2.05, 4.69) is 21.8 Å². The van der Waals surface area contributed by atoms with Gasteiger partial charge in [0, 0.05) is 25.6 Å². The number of aromatic nitrogens is 3. The SMILES string of the molecule is CCCCc1nc2c[n+]([O-])c3ccccc3c2n1CCCNC(=O)O. The summed E-state index contributed by atoms with van der Waals surface area (Å²) in [4.78, 5) is 15.3. The van der Waals surface area contributed by atoms with Crippen LogP contribution in [0.5, 0.6) is 0 Å². The van der Waals surface area contributed by atoms with E-state index in [1.165, 1.54) is 6.20 Å². The van der Waals surface area contributed by atoms with Gasteiger partial charge in [-0.15, -0.1) is 0 Å². The van der Waals surface area contributed by atoms with Crippen LogP contribution >= 0.6 is 0 Å². The van der Waals surface area contributed by atoms with E-state index in [-0.39, 0.29) is 0 Å². The van der Waals surface area contributed by atoms with E-state index in [4.69, 9.17) is 5.11 Å². The zero-order valence-corrected chi connectivity index (χ0v) is 14.2. The summed E-state index contributed by atoms with van der Waals surface area (Å²) >= 11 is 0. The molecule has 3 aromatic rings. The molecule has 7 nitrogen and oxygen atoms in total. The van der Waals surface area contributed by atoms with Crippen LogP contribution in [-0.4, -0.2) is 27.3 Å². The molecule has 0 saturated carbocycles. The fourth-order valence-corrected chi connectivity index (χ4v) is 3.14. The Morgan fingerprint density at radius 2 is 2.16 bits per heavy atom. The minimum absolute atomic E-state index is 0.383. The number of fused-ring (bicyclic) bond motifs is 3. The van der Waals surface area contributed by atoms with Crippen LogP contribution in [0.3, 0.4) is 0 Å². The van der Waals surface area contributed by atoms with Crippen LogP contribution in [0.25, 0.3) is 21.9 Å². The van der Waals surface area contributed by atoms with Gasteiger partial charge in [-0.2, -0.15) is 4.73 Å². The van der Waals surface area contributed by atoms with Crippen molar-refractivity contribution in [3.05, 3.63) is 41.5 Å². The van der Waals surface area contributed by atoms with Gasteiger partial charge < -0.3 is 20.2 Å². The van der Waals surface area contributed by atoms with Crippen molar-refractivity contribution in [1.29, 1.82) is 0 Å². The lowest BCUT2D eigenvalue weighted by molar-refractivity contribution is -0.575. The van der Waals surface area contributed by atoms with Crippen molar-refractivity contribution < 1.29 is 14.6 Å². The normalized spacial score (nSPS) is 11.2. The van der Waals surface area contributed by atoms with Crippen LogP contribution in [-0.2, 0) is 13.0 Å². The second kappa shape index (κ2) is 7.38. The van der Waals surface area contributed by atoms with Gasteiger partial charge in [0.25, 0.3) is 0 Å². The number of hydrogen-bond acceptors (Lipinski definition) is 3. The zero-order valence-electron chi connectivity index (χ0n) is 14.2. The average molecular weight is 342 g/mol.